The van der Waals surface area contributed by atoms with E-state index in [1.165, 1.54) is 5.57 Å². The normalized spacial score (nSPS) is 42.0. The number of carboxylic acid groups (broad SMARTS) is 1. The Bertz CT molecular complexity index is 1330. The van der Waals surface area contributed by atoms with E-state index in [0.717, 1.165) is 64.2 Å². The lowest BCUT2D eigenvalue weighted by atomic mass is 9.32. The number of aliphatic carboxylic acids is 1. The molecule has 10 atom stereocenters. The molecule has 7 nitrogen and oxygen atoms in total. The molecule has 0 heterocycles. The first-order valence-electron chi connectivity index (χ1n) is 18.4. The summed E-state index contributed by atoms with van der Waals surface area (Å²) >= 11 is 0. The minimum Gasteiger partial charge on any atom is -0.481 e. The van der Waals surface area contributed by atoms with Crippen LogP contribution in [0.1, 0.15) is 139 Å². The van der Waals surface area contributed by atoms with Gasteiger partial charge in [0.25, 0.3) is 0 Å². The number of carbonyl (C=O) groups is 3. The van der Waals surface area contributed by atoms with Gasteiger partial charge in [0.05, 0.1) is 30.7 Å². The molecule has 7 heteroatoms. The lowest BCUT2D eigenvalue weighted by molar-refractivity contribution is -0.251. The Labute approximate surface area is 283 Å². The van der Waals surface area contributed by atoms with Gasteiger partial charge < -0.3 is 14.6 Å². The first kappa shape index (κ1) is 35.9. The molecular weight excluding hydrogens is 590 g/mol. The lowest BCUT2D eigenvalue weighted by Gasteiger charge is -2.72. The summed E-state index contributed by atoms with van der Waals surface area (Å²) in [5.74, 6) is 0.671. The fourth-order valence-electron chi connectivity index (χ4n) is 13.1. The van der Waals surface area contributed by atoms with E-state index in [-0.39, 0.29) is 71.5 Å². The van der Waals surface area contributed by atoms with Crippen LogP contribution in [0.4, 0.5) is 0 Å². The van der Waals surface area contributed by atoms with Crippen LogP contribution in [-0.2, 0) is 23.9 Å². The average molecular weight is 652 g/mol. The summed E-state index contributed by atoms with van der Waals surface area (Å²) in [4.78, 5) is 38.4. The van der Waals surface area contributed by atoms with Crippen molar-refractivity contribution in [2.75, 3.05) is 6.61 Å². The standard InChI is InChI=1S/C40H61NO6/c1-25(2)26-13-18-40(34(45)46-22-10-21-41)20-19-38(8)27(33(26)40)11-12-29-37(7)16-15-30(36(5,6)28(37)14-17-39(29,38)9)47-32(44)24-35(3,4)23-31(42)43/h26-30,33H,1,10-20,22-24H2,2-9H3,(H,42,43)/t26-,27+,28?,29?,30-,33?,37-,38+,39+,40-/m0/s1. The highest BCUT2D eigenvalue weighted by Crippen LogP contribution is 2.77. The van der Waals surface area contributed by atoms with Crippen molar-refractivity contribution in [3.63, 3.8) is 0 Å². The third-order valence-corrected chi connectivity index (χ3v) is 15.4. The molecule has 0 aromatic heterocycles. The van der Waals surface area contributed by atoms with E-state index in [0.29, 0.717) is 23.7 Å². The third-order valence-electron chi connectivity index (χ3n) is 15.4. The zero-order valence-electron chi connectivity index (χ0n) is 30.5. The zero-order valence-corrected chi connectivity index (χ0v) is 30.5. The SMILES string of the molecule is C=C(C)[C@@H]1CC[C@]2(C(=O)OCCC#N)CC[C@]3(C)[C@H](CCC4[C@@]5(C)CC[C@H](OC(=O)CC(C)(C)CC(=O)O)C(C)(C)C5CC[C@]43C)C12. The van der Waals surface area contributed by atoms with Gasteiger partial charge >= 0.3 is 17.9 Å². The van der Waals surface area contributed by atoms with Crippen LogP contribution >= 0.6 is 0 Å². The van der Waals surface area contributed by atoms with Crippen molar-refractivity contribution in [3.8, 4) is 6.07 Å². The molecule has 0 aromatic carbocycles. The Balaban J connectivity index is 1.40. The number of hydrogen-bond acceptors (Lipinski definition) is 6. The molecule has 5 aliphatic carbocycles. The molecule has 0 amide bonds. The molecule has 5 aliphatic rings. The molecule has 0 bridgehead atoms. The number of ether oxygens (including phenoxy) is 2. The molecule has 1 N–H and O–H groups in total. The number of fused-ring (bicyclic) bond motifs is 7. The molecule has 0 aromatic rings. The summed E-state index contributed by atoms with van der Waals surface area (Å²) in [5, 5.41) is 18.4. The van der Waals surface area contributed by atoms with Gasteiger partial charge in [-0.15, -0.1) is 0 Å². The quantitative estimate of drug-likeness (QED) is 0.150. The van der Waals surface area contributed by atoms with E-state index in [2.05, 4.69) is 54.2 Å². The number of nitriles is 1. The van der Waals surface area contributed by atoms with Gasteiger partial charge in [-0.3, -0.25) is 14.4 Å². The zero-order chi connectivity index (χ0) is 34.8. The van der Waals surface area contributed by atoms with E-state index in [4.69, 9.17) is 14.7 Å². The Morgan fingerprint density at radius 1 is 0.894 bits per heavy atom. The summed E-state index contributed by atoms with van der Waals surface area (Å²) in [7, 11) is 0. The van der Waals surface area contributed by atoms with E-state index in [9.17, 15) is 19.5 Å². The monoisotopic (exact) mass is 651 g/mol. The fraction of sp³-hybridized carbons (Fsp3) is 0.850. The maximum Gasteiger partial charge on any atom is 0.312 e. The molecule has 0 spiro atoms. The predicted octanol–water partition coefficient (Wildman–Crippen LogP) is 8.90. The van der Waals surface area contributed by atoms with Crippen LogP contribution in [0.25, 0.3) is 0 Å². The molecule has 0 radical (unpaired) electrons. The van der Waals surface area contributed by atoms with Gasteiger partial charge in [0.15, 0.2) is 0 Å². The summed E-state index contributed by atoms with van der Waals surface area (Å²) in [5.41, 5.74) is 0.206. The van der Waals surface area contributed by atoms with Crippen molar-refractivity contribution in [2.24, 2.45) is 62.1 Å². The number of hydrogen-bond donors (Lipinski definition) is 1. The van der Waals surface area contributed by atoms with Crippen molar-refractivity contribution >= 4 is 17.9 Å². The second-order valence-corrected chi connectivity index (χ2v) is 18.6. The maximum absolute atomic E-state index is 13.9. The van der Waals surface area contributed by atoms with Crippen LogP contribution in [0.15, 0.2) is 12.2 Å². The topological polar surface area (TPSA) is 114 Å². The largest absolute Gasteiger partial charge is 0.481 e. The van der Waals surface area contributed by atoms with Crippen molar-refractivity contribution in [1.82, 2.24) is 0 Å². The van der Waals surface area contributed by atoms with Gasteiger partial charge in [-0.1, -0.05) is 60.6 Å². The van der Waals surface area contributed by atoms with Gasteiger partial charge in [0, 0.05) is 5.41 Å². The molecule has 0 aliphatic heterocycles. The highest BCUT2D eigenvalue weighted by Gasteiger charge is 2.72. The number of esters is 2. The molecule has 0 saturated heterocycles. The van der Waals surface area contributed by atoms with Crippen molar-refractivity contribution in [1.29, 1.82) is 5.26 Å². The van der Waals surface area contributed by atoms with Crippen molar-refractivity contribution < 1.29 is 29.0 Å². The van der Waals surface area contributed by atoms with Crippen LogP contribution in [0, 0.1) is 73.4 Å². The molecule has 5 rings (SSSR count). The van der Waals surface area contributed by atoms with Gasteiger partial charge in [-0.05, 0) is 122 Å². The molecule has 5 saturated carbocycles. The van der Waals surface area contributed by atoms with Crippen LogP contribution in [0.3, 0.4) is 0 Å². The Morgan fingerprint density at radius 2 is 1.60 bits per heavy atom. The maximum atomic E-state index is 13.9. The smallest absolute Gasteiger partial charge is 0.312 e. The van der Waals surface area contributed by atoms with Crippen molar-refractivity contribution in [3.05, 3.63) is 12.2 Å². The predicted molar refractivity (Wildman–Crippen MR) is 181 cm³/mol. The fourth-order valence-corrected chi connectivity index (χ4v) is 13.1. The van der Waals surface area contributed by atoms with E-state index < -0.39 is 16.8 Å². The number of carbonyl (C=O) groups excluding carboxylic acids is 2. The van der Waals surface area contributed by atoms with E-state index >= 15 is 0 Å². The number of allylic oxidation sites excluding steroid dienone is 1. The molecule has 5 fully saturated rings. The Kier molecular flexibility index (Phi) is 9.33. The minimum atomic E-state index is -0.896. The first-order valence-corrected chi connectivity index (χ1v) is 18.4. The summed E-state index contributed by atoms with van der Waals surface area (Å²) in [6.45, 7) is 22.7. The van der Waals surface area contributed by atoms with Gasteiger partial charge in [-0.25, -0.2) is 0 Å². The lowest BCUT2D eigenvalue weighted by Crippen LogP contribution is -2.67. The van der Waals surface area contributed by atoms with Crippen LogP contribution in [0.2, 0.25) is 0 Å². The minimum absolute atomic E-state index is 0.0612. The Hall–Kier alpha value is -2.36. The highest BCUT2D eigenvalue weighted by atomic mass is 16.5. The molecule has 262 valence electrons. The van der Waals surface area contributed by atoms with Gasteiger partial charge in [0.2, 0.25) is 0 Å². The molecular formula is C40H61NO6. The molecule has 3 unspecified atom stereocenters. The molecule has 47 heavy (non-hydrogen) atoms. The number of rotatable bonds is 9. The first-order chi connectivity index (χ1) is 21.8. The second-order valence-electron chi connectivity index (χ2n) is 18.6. The summed E-state index contributed by atoms with van der Waals surface area (Å²) < 4.78 is 12.1. The van der Waals surface area contributed by atoms with E-state index in [1.54, 1.807) is 0 Å². The Morgan fingerprint density at radius 3 is 2.23 bits per heavy atom. The second kappa shape index (κ2) is 12.2. The van der Waals surface area contributed by atoms with Gasteiger partial charge in [-0.2, -0.15) is 5.26 Å². The number of carboxylic acids is 1. The van der Waals surface area contributed by atoms with Crippen LogP contribution in [0.5, 0.6) is 0 Å². The third kappa shape index (κ3) is 5.66. The van der Waals surface area contributed by atoms with Crippen molar-refractivity contribution in [2.45, 2.75) is 145 Å². The highest BCUT2D eigenvalue weighted by molar-refractivity contribution is 5.78. The number of nitrogens with zero attached hydrogens (tertiary/aromatic N) is 1. The van der Waals surface area contributed by atoms with Gasteiger partial charge in [0.1, 0.15) is 12.7 Å². The summed E-state index contributed by atoms with van der Waals surface area (Å²) in [6, 6.07) is 2.12. The van der Waals surface area contributed by atoms with Crippen LogP contribution in [-0.4, -0.2) is 35.7 Å². The van der Waals surface area contributed by atoms with E-state index in [1.807, 2.05) is 13.8 Å². The average Bonchev–Trinajstić information content (AvgIpc) is 3.35. The summed E-state index contributed by atoms with van der Waals surface area (Å²) in [6.07, 6.45) is 10.1. The van der Waals surface area contributed by atoms with Crippen LogP contribution < -0.4 is 0 Å².